The van der Waals surface area contributed by atoms with Crippen molar-refractivity contribution in [3.05, 3.63) is 59.2 Å². The van der Waals surface area contributed by atoms with Crippen LogP contribution < -0.4 is 14.8 Å². The number of methoxy groups -OCH3 is 2. The van der Waals surface area contributed by atoms with Crippen LogP contribution in [0.5, 0.6) is 11.5 Å². The van der Waals surface area contributed by atoms with Gasteiger partial charge in [-0.1, -0.05) is 29.8 Å². The summed E-state index contributed by atoms with van der Waals surface area (Å²) in [6, 6.07) is 12.4. The maximum Gasteiger partial charge on any atom is 0.235 e. The van der Waals surface area contributed by atoms with E-state index in [1.54, 1.807) is 39.3 Å². The minimum atomic E-state index is -3.56. The third kappa shape index (κ3) is 6.47. The van der Waals surface area contributed by atoms with Gasteiger partial charge in [-0.25, -0.2) is 8.42 Å². The Kier molecular flexibility index (Phi) is 7.64. The van der Waals surface area contributed by atoms with Gasteiger partial charge >= 0.3 is 0 Å². The molecule has 0 radical (unpaired) electrons. The Labute approximate surface area is 172 Å². The molecule has 2 aromatic carbocycles. The van der Waals surface area contributed by atoms with Crippen molar-refractivity contribution < 1.29 is 22.7 Å². The number of hydrogen-bond acceptors (Lipinski definition) is 5. The molecule has 0 aliphatic rings. The second kappa shape index (κ2) is 9.76. The van der Waals surface area contributed by atoms with E-state index in [1.807, 2.05) is 31.2 Å². The maximum absolute atomic E-state index is 12.6. The minimum Gasteiger partial charge on any atom is -0.497 e. The number of nitrogens with zero attached hydrogens (tertiary/aromatic N) is 1. The standard InChI is InChI=1S/C21H28N2O5S/c1-15-6-8-17(9-7-15)13-23(29(5,25)26)14-21(24)22-16(2)19-12-18(27-3)10-11-20(19)28-4/h6-12,16H,13-14H2,1-5H3,(H,22,24)/t16-/m0/s1. The molecule has 0 aliphatic carbocycles. The predicted octanol–water partition coefficient (Wildman–Crippen LogP) is 2.65. The Morgan fingerprint density at radius 2 is 1.76 bits per heavy atom. The molecule has 0 saturated carbocycles. The van der Waals surface area contributed by atoms with E-state index >= 15 is 0 Å². The van der Waals surface area contributed by atoms with Gasteiger partial charge in [0.15, 0.2) is 0 Å². The van der Waals surface area contributed by atoms with E-state index in [2.05, 4.69) is 5.32 Å². The van der Waals surface area contributed by atoms with E-state index in [9.17, 15) is 13.2 Å². The molecule has 1 atom stereocenters. The summed E-state index contributed by atoms with van der Waals surface area (Å²) in [4.78, 5) is 12.6. The van der Waals surface area contributed by atoms with Gasteiger partial charge in [0.2, 0.25) is 15.9 Å². The quantitative estimate of drug-likeness (QED) is 0.674. The van der Waals surface area contributed by atoms with Crippen LogP contribution in [0, 0.1) is 6.92 Å². The number of nitrogens with one attached hydrogen (secondary N) is 1. The molecule has 1 N–H and O–H groups in total. The molecule has 0 aromatic heterocycles. The molecule has 2 aromatic rings. The second-order valence-electron chi connectivity index (χ2n) is 6.91. The van der Waals surface area contributed by atoms with Crippen LogP contribution in [0.15, 0.2) is 42.5 Å². The SMILES string of the molecule is COc1ccc(OC)c([C@H](C)NC(=O)CN(Cc2ccc(C)cc2)S(C)(=O)=O)c1. The highest BCUT2D eigenvalue weighted by Gasteiger charge is 2.22. The summed E-state index contributed by atoms with van der Waals surface area (Å²) in [5, 5.41) is 2.84. The summed E-state index contributed by atoms with van der Waals surface area (Å²) >= 11 is 0. The second-order valence-corrected chi connectivity index (χ2v) is 8.90. The molecule has 0 fully saturated rings. The van der Waals surface area contributed by atoms with Gasteiger partial charge < -0.3 is 14.8 Å². The molecule has 0 spiro atoms. The Morgan fingerprint density at radius 1 is 1.10 bits per heavy atom. The summed E-state index contributed by atoms with van der Waals surface area (Å²) in [5.74, 6) is 0.845. The molecule has 2 rings (SSSR count). The molecule has 7 nitrogen and oxygen atoms in total. The first-order valence-electron chi connectivity index (χ1n) is 9.16. The van der Waals surface area contributed by atoms with Crippen molar-refractivity contribution in [2.45, 2.75) is 26.4 Å². The predicted molar refractivity (Wildman–Crippen MR) is 113 cm³/mol. The van der Waals surface area contributed by atoms with Crippen LogP contribution in [0.3, 0.4) is 0 Å². The summed E-state index contributed by atoms with van der Waals surface area (Å²) in [6.45, 7) is 3.62. The fourth-order valence-corrected chi connectivity index (χ4v) is 3.63. The molecule has 8 heteroatoms. The number of hydrogen-bond donors (Lipinski definition) is 1. The Morgan fingerprint density at radius 3 is 2.31 bits per heavy atom. The van der Waals surface area contributed by atoms with Gasteiger partial charge in [0.05, 0.1) is 33.1 Å². The summed E-state index contributed by atoms with van der Waals surface area (Å²) in [6.07, 6.45) is 1.10. The molecule has 0 unspecified atom stereocenters. The molecule has 29 heavy (non-hydrogen) atoms. The van der Waals surface area contributed by atoms with Gasteiger partial charge in [-0.15, -0.1) is 0 Å². The van der Waals surface area contributed by atoms with Crippen molar-refractivity contribution in [2.75, 3.05) is 27.0 Å². The van der Waals surface area contributed by atoms with Crippen molar-refractivity contribution in [1.29, 1.82) is 0 Å². The van der Waals surface area contributed by atoms with Crippen molar-refractivity contribution >= 4 is 15.9 Å². The van der Waals surface area contributed by atoms with Gasteiger partial charge in [-0.05, 0) is 37.6 Å². The van der Waals surface area contributed by atoms with Crippen LogP contribution in [0.2, 0.25) is 0 Å². The Hall–Kier alpha value is -2.58. The fourth-order valence-electron chi connectivity index (χ4n) is 2.89. The van der Waals surface area contributed by atoms with Crippen LogP contribution in [0.4, 0.5) is 0 Å². The first kappa shape index (κ1) is 22.7. The lowest BCUT2D eigenvalue weighted by atomic mass is 10.1. The normalized spacial score (nSPS) is 12.5. The highest BCUT2D eigenvalue weighted by atomic mass is 32.2. The van der Waals surface area contributed by atoms with Gasteiger partial charge in [-0.3, -0.25) is 4.79 Å². The number of rotatable bonds is 9. The summed E-state index contributed by atoms with van der Waals surface area (Å²) in [5.41, 5.74) is 2.64. The average Bonchev–Trinajstić information content (AvgIpc) is 2.67. The lowest BCUT2D eigenvalue weighted by Gasteiger charge is -2.22. The number of ether oxygens (including phenoxy) is 2. The lowest BCUT2D eigenvalue weighted by Crippen LogP contribution is -2.40. The number of carbonyl (C=O) groups is 1. The molecule has 0 heterocycles. The van der Waals surface area contributed by atoms with Crippen LogP contribution in [0.25, 0.3) is 0 Å². The third-order valence-corrected chi connectivity index (χ3v) is 5.75. The third-order valence-electron chi connectivity index (χ3n) is 4.55. The van der Waals surface area contributed by atoms with Crippen LogP contribution in [-0.4, -0.2) is 45.7 Å². The van der Waals surface area contributed by atoms with Crippen LogP contribution >= 0.6 is 0 Å². The van der Waals surface area contributed by atoms with Crippen molar-refractivity contribution in [3.63, 3.8) is 0 Å². The number of sulfonamides is 1. The first-order chi connectivity index (χ1) is 13.6. The molecule has 0 aliphatic heterocycles. The number of benzene rings is 2. The zero-order valence-corrected chi connectivity index (χ0v) is 18.2. The monoisotopic (exact) mass is 420 g/mol. The van der Waals surface area contributed by atoms with Gasteiger partial charge in [0, 0.05) is 12.1 Å². The molecular weight excluding hydrogens is 392 g/mol. The topological polar surface area (TPSA) is 84.9 Å². The van der Waals surface area contributed by atoms with E-state index in [1.165, 1.54) is 0 Å². The highest BCUT2D eigenvalue weighted by molar-refractivity contribution is 7.88. The van der Waals surface area contributed by atoms with Gasteiger partial charge in [-0.2, -0.15) is 4.31 Å². The summed E-state index contributed by atoms with van der Waals surface area (Å²) in [7, 11) is -0.457. The van der Waals surface area contributed by atoms with Crippen LogP contribution in [-0.2, 0) is 21.4 Å². The first-order valence-corrected chi connectivity index (χ1v) is 11.0. The largest absolute Gasteiger partial charge is 0.497 e. The summed E-state index contributed by atoms with van der Waals surface area (Å²) < 4.78 is 36.1. The smallest absolute Gasteiger partial charge is 0.235 e. The van der Waals surface area contributed by atoms with Gasteiger partial charge in [0.25, 0.3) is 0 Å². The lowest BCUT2D eigenvalue weighted by molar-refractivity contribution is -0.122. The maximum atomic E-state index is 12.6. The molecule has 1 amide bonds. The number of amides is 1. The zero-order chi connectivity index (χ0) is 21.6. The average molecular weight is 421 g/mol. The molecule has 0 saturated heterocycles. The van der Waals surface area contributed by atoms with E-state index in [0.29, 0.717) is 11.5 Å². The molecular formula is C21H28N2O5S. The Balaban J connectivity index is 2.12. The van der Waals surface area contributed by atoms with E-state index in [-0.39, 0.29) is 13.1 Å². The highest BCUT2D eigenvalue weighted by Crippen LogP contribution is 2.29. The van der Waals surface area contributed by atoms with Gasteiger partial charge in [0.1, 0.15) is 11.5 Å². The van der Waals surface area contributed by atoms with Crippen molar-refractivity contribution in [2.24, 2.45) is 0 Å². The van der Waals surface area contributed by atoms with Crippen molar-refractivity contribution in [1.82, 2.24) is 9.62 Å². The zero-order valence-electron chi connectivity index (χ0n) is 17.4. The molecule has 0 bridgehead atoms. The van der Waals surface area contributed by atoms with E-state index in [0.717, 1.165) is 27.3 Å². The van der Waals surface area contributed by atoms with Crippen molar-refractivity contribution in [3.8, 4) is 11.5 Å². The van der Waals surface area contributed by atoms with Crippen LogP contribution in [0.1, 0.15) is 29.7 Å². The van der Waals surface area contributed by atoms with E-state index in [4.69, 9.17) is 9.47 Å². The number of aryl methyl sites for hydroxylation is 1. The Bertz CT molecular complexity index is 942. The molecule has 158 valence electrons. The fraction of sp³-hybridized carbons (Fsp3) is 0.381. The number of carbonyl (C=O) groups excluding carboxylic acids is 1. The minimum absolute atomic E-state index is 0.128. The van der Waals surface area contributed by atoms with E-state index < -0.39 is 22.0 Å².